The zero-order valence-corrected chi connectivity index (χ0v) is 18.4. The largest absolute Gasteiger partial charge is 0.357 e. The summed E-state index contributed by atoms with van der Waals surface area (Å²) in [5.74, 6) is 2.69. The average molecular weight is 468 g/mol. The molecule has 24 heavy (non-hydrogen) atoms. The molecule has 0 bridgehead atoms. The fourth-order valence-electron chi connectivity index (χ4n) is 2.91. The van der Waals surface area contributed by atoms with Gasteiger partial charge < -0.3 is 15.5 Å². The molecule has 0 aromatic carbocycles. The monoisotopic (exact) mass is 468 g/mol. The van der Waals surface area contributed by atoms with Crippen molar-refractivity contribution in [3.05, 3.63) is 0 Å². The number of carbonyl (C=O) groups is 1. The first-order valence-electron chi connectivity index (χ1n) is 8.97. The summed E-state index contributed by atoms with van der Waals surface area (Å²) < 4.78 is 0.283. The Labute approximate surface area is 168 Å². The predicted molar refractivity (Wildman–Crippen MR) is 114 cm³/mol. The second kappa shape index (κ2) is 10.7. The number of hydrogen-bond acceptors (Lipinski definition) is 3. The Balaban J connectivity index is 0.00000288. The molecule has 1 aliphatic heterocycles. The van der Waals surface area contributed by atoms with E-state index in [1.54, 1.807) is 0 Å². The number of halogens is 1. The van der Waals surface area contributed by atoms with Crippen LogP contribution in [0.2, 0.25) is 0 Å². The van der Waals surface area contributed by atoms with E-state index in [1.165, 1.54) is 6.42 Å². The van der Waals surface area contributed by atoms with E-state index >= 15 is 0 Å². The van der Waals surface area contributed by atoms with Gasteiger partial charge in [0.05, 0.1) is 0 Å². The molecule has 140 valence electrons. The molecular weight excluding hydrogens is 435 g/mol. The van der Waals surface area contributed by atoms with Gasteiger partial charge in [-0.25, -0.2) is 0 Å². The number of aliphatic imine (C=N–C) groups is 1. The molecule has 0 spiro atoms. The van der Waals surface area contributed by atoms with Crippen LogP contribution in [0.25, 0.3) is 0 Å². The SMILES string of the molecule is CCNC(=NCCCNC(=O)C1CCC1)N1CCSC(C)(C)C1.I. The highest BCUT2D eigenvalue weighted by atomic mass is 127. The third-order valence-corrected chi connectivity index (χ3v) is 5.73. The average Bonchev–Trinajstić information content (AvgIpc) is 2.42. The molecule has 1 aliphatic carbocycles. The van der Waals surface area contributed by atoms with Crippen molar-refractivity contribution in [2.45, 2.75) is 51.2 Å². The van der Waals surface area contributed by atoms with E-state index in [0.717, 1.165) is 63.7 Å². The minimum atomic E-state index is 0. The molecule has 1 heterocycles. The van der Waals surface area contributed by atoms with Crippen molar-refractivity contribution >= 4 is 47.6 Å². The molecule has 1 amide bonds. The van der Waals surface area contributed by atoms with Crippen LogP contribution < -0.4 is 10.6 Å². The standard InChI is InChI=1S/C17H32N4OS.HI/c1-4-18-16(21-11-12-23-17(2,3)13-21)20-10-6-9-19-15(22)14-7-5-8-14;/h14H,4-13H2,1-3H3,(H,18,20)(H,19,22);1H. The van der Waals surface area contributed by atoms with Crippen molar-refractivity contribution in [2.75, 3.05) is 38.5 Å². The van der Waals surface area contributed by atoms with Crippen LogP contribution in [0.15, 0.2) is 4.99 Å². The fourth-order valence-corrected chi connectivity index (χ4v) is 4.02. The van der Waals surface area contributed by atoms with E-state index in [1.807, 2.05) is 11.8 Å². The smallest absolute Gasteiger partial charge is 0.223 e. The number of amides is 1. The Kier molecular flexibility index (Phi) is 9.77. The van der Waals surface area contributed by atoms with E-state index in [4.69, 9.17) is 4.99 Å². The summed E-state index contributed by atoms with van der Waals surface area (Å²) in [5, 5.41) is 6.44. The number of nitrogens with one attached hydrogen (secondary N) is 2. The molecule has 2 rings (SSSR count). The Morgan fingerprint density at radius 1 is 1.33 bits per heavy atom. The van der Waals surface area contributed by atoms with Crippen LogP contribution >= 0.6 is 35.7 Å². The summed E-state index contributed by atoms with van der Waals surface area (Å²) in [5.41, 5.74) is 0. The second-order valence-corrected chi connectivity index (χ2v) is 8.84. The molecule has 2 N–H and O–H groups in total. The first kappa shape index (κ1) is 21.9. The maximum Gasteiger partial charge on any atom is 0.223 e. The summed E-state index contributed by atoms with van der Waals surface area (Å²) in [6, 6.07) is 0. The molecule has 0 radical (unpaired) electrons. The third-order valence-electron chi connectivity index (χ3n) is 4.43. The Morgan fingerprint density at radius 3 is 2.67 bits per heavy atom. The Hall–Kier alpha value is -0.180. The first-order chi connectivity index (χ1) is 11.0. The maximum atomic E-state index is 11.8. The summed E-state index contributed by atoms with van der Waals surface area (Å²) in [7, 11) is 0. The van der Waals surface area contributed by atoms with Gasteiger partial charge in [-0.05, 0) is 40.0 Å². The highest BCUT2D eigenvalue weighted by molar-refractivity contribution is 14.0. The lowest BCUT2D eigenvalue weighted by Crippen LogP contribution is -2.51. The molecule has 2 fully saturated rings. The van der Waals surface area contributed by atoms with Crippen LogP contribution in [-0.2, 0) is 4.79 Å². The van der Waals surface area contributed by atoms with Gasteiger partial charge >= 0.3 is 0 Å². The van der Waals surface area contributed by atoms with Crippen molar-refractivity contribution < 1.29 is 4.79 Å². The van der Waals surface area contributed by atoms with Gasteiger partial charge in [0.1, 0.15) is 0 Å². The van der Waals surface area contributed by atoms with Gasteiger partial charge in [0.2, 0.25) is 5.91 Å². The predicted octanol–water partition coefficient (Wildman–Crippen LogP) is 2.70. The molecule has 0 aromatic rings. The van der Waals surface area contributed by atoms with Gasteiger partial charge in [0.25, 0.3) is 0 Å². The van der Waals surface area contributed by atoms with E-state index in [-0.39, 0.29) is 40.5 Å². The zero-order chi connectivity index (χ0) is 16.7. The number of carbonyl (C=O) groups excluding carboxylic acids is 1. The van der Waals surface area contributed by atoms with Crippen LogP contribution in [0.4, 0.5) is 0 Å². The lowest BCUT2D eigenvalue weighted by Gasteiger charge is -2.39. The summed E-state index contributed by atoms with van der Waals surface area (Å²) >= 11 is 2.03. The topological polar surface area (TPSA) is 56.7 Å². The van der Waals surface area contributed by atoms with E-state index in [2.05, 4.69) is 36.3 Å². The number of thioether (sulfide) groups is 1. The molecule has 0 atom stereocenters. The Morgan fingerprint density at radius 2 is 2.08 bits per heavy atom. The van der Waals surface area contributed by atoms with Crippen molar-refractivity contribution in [3.63, 3.8) is 0 Å². The molecule has 1 saturated heterocycles. The van der Waals surface area contributed by atoms with Crippen molar-refractivity contribution in [1.82, 2.24) is 15.5 Å². The molecule has 1 saturated carbocycles. The molecule has 0 aromatic heterocycles. The highest BCUT2D eigenvalue weighted by Gasteiger charge is 2.28. The van der Waals surface area contributed by atoms with Crippen molar-refractivity contribution in [1.29, 1.82) is 0 Å². The number of hydrogen-bond donors (Lipinski definition) is 2. The van der Waals surface area contributed by atoms with Crippen LogP contribution in [-0.4, -0.2) is 60.0 Å². The Bertz CT molecular complexity index is 427. The van der Waals surface area contributed by atoms with Gasteiger partial charge in [-0.2, -0.15) is 11.8 Å². The van der Waals surface area contributed by atoms with E-state index < -0.39 is 0 Å². The van der Waals surface area contributed by atoms with Gasteiger partial charge in [-0.1, -0.05) is 6.42 Å². The zero-order valence-electron chi connectivity index (χ0n) is 15.3. The number of rotatable bonds is 6. The van der Waals surface area contributed by atoms with E-state index in [9.17, 15) is 4.79 Å². The lowest BCUT2D eigenvalue weighted by molar-refractivity contribution is -0.127. The molecular formula is C17H33IN4OS. The third kappa shape index (κ3) is 6.98. The normalized spacial score (nSPS) is 20.8. The summed E-state index contributed by atoms with van der Waals surface area (Å²) in [6.45, 7) is 11.2. The van der Waals surface area contributed by atoms with Crippen LogP contribution in [0.1, 0.15) is 46.5 Å². The van der Waals surface area contributed by atoms with Gasteiger partial charge in [0.15, 0.2) is 5.96 Å². The number of guanidine groups is 1. The lowest BCUT2D eigenvalue weighted by atomic mass is 9.85. The second-order valence-electron chi connectivity index (χ2n) is 7.04. The number of nitrogens with zero attached hydrogens (tertiary/aromatic N) is 2. The van der Waals surface area contributed by atoms with Crippen LogP contribution in [0.3, 0.4) is 0 Å². The van der Waals surface area contributed by atoms with Gasteiger partial charge in [0, 0.05) is 49.1 Å². The molecule has 5 nitrogen and oxygen atoms in total. The summed E-state index contributed by atoms with van der Waals surface area (Å²) in [4.78, 5) is 18.9. The quantitative estimate of drug-likeness (QED) is 0.273. The van der Waals surface area contributed by atoms with Gasteiger partial charge in [-0.3, -0.25) is 9.79 Å². The van der Waals surface area contributed by atoms with Crippen molar-refractivity contribution in [2.24, 2.45) is 10.9 Å². The van der Waals surface area contributed by atoms with Crippen LogP contribution in [0.5, 0.6) is 0 Å². The fraction of sp³-hybridized carbons (Fsp3) is 0.882. The minimum Gasteiger partial charge on any atom is -0.357 e. The maximum absolute atomic E-state index is 11.8. The molecule has 2 aliphatic rings. The van der Waals surface area contributed by atoms with Gasteiger partial charge in [-0.15, -0.1) is 24.0 Å². The van der Waals surface area contributed by atoms with Crippen LogP contribution in [0, 0.1) is 5.92 Å². The minimum absolute atomic E-state index is 0. The highest BCUT2D eigenvalue weighted by Crippen LogP contribution is 2.29. The van der Waals surface area contributed by atoms with E-state index in [0.29, 0.717) is 0 Å². The first-order valence-corrected chi connectivity index (χ1v) is 9.95. The molecule has 7 heteroatoms. The summed E-state index contributed by atoms with van der Waals surface area (Å²) in [6.07, 6.45) is 4.24. The van der Waals surface area contributed by atoms with Crippen molar-refractivity contribution in [3.8, 4) is 0 Å². The molecule has 0 unspecified atom stereocenters.